The molecule has 2 aromatic rings. The summed E-state index contributed by atoms with van der Waals surface area (Å²) in [6, 6.07) is 3.86. The number of nitrogens with one attached hydrogen (secondary N) is 1. The molecule has 0 radical (unpaired) electrons. The van der Waals surface area contributed by atoms with Crippen LogP contribution in [0.25, 0.3) is 0 Å². The Hall–Kier alpha value is -1.36. The fraction of sp³-hybridized carbons (Fsp3) is 0.200. The maximum absolute atomic E-state index is 4.12. The molecule has 0 aliphatic carbocycles. The molecule has 0 saturated heterocycles. The lowest BCUT2D eigenvalue weighted by Crippen LogP contribution is -2.11. The van der Waals surface area contributed by atoms with Gasteiger partial charge < -0.3 is 5.32 Å². The van der Waals surface area contributed by atoms with Crippen LogP contribution < -0.4 is 5.32 Å². The van der Waals surface area contributed by atoms with Crippen molar-refractivity contribution in [1.29, 1.82) is 0 Å². The number of aromatic nitrogens is 3. The van der Waals surface area contributed by atoms with E-state index in [0.717, 1.165) is 23.2 Å². The molecule has 0 unspecified atom stereocenters. The van der Waals surface area contributed by atoms with Gasteiger partial charge in [-0.1, -0.05) is 0 Å². The number of rotatable bonds is 4. The summed E-state index contributed by atoms with van der Waals surface area (Å²) >= 11 is 3.43. The smallest absolute Gasteiger partial charge is 0.0590 e. The maximum atomic E-state index is 4.12. The summed E-state index contributed by atoms with van der Waals surface area (Å²) in [6.07, 6.45) is 7.27. The first kappa shape index (κ1) is 10.2. The summed E-state index contributed by atoms with van der Waals surface area (Å²) in [5, 5.41) is 7.43. The van der Waals surface area contributed by atoms with Crippen molar-refractivity contribution in [2.45, 2.75) is 6.54 Å². The molecule has 0 bridgehead atoms. The fourth-order valence-corrected chi connectivity index (χ4v) is 1.65. The molecule has 0 spiro atoms. The van der Waals surface area contributed by atoms with Gasteiger partial charge in [0, 0.05) is 31.3 Å². The molecule has 15 heavy (non-hydrogen) atoms. The van der Waals surface area contributed by atoms with Crippen molar-refractivity contribution in [1.82, 2.24) is 14.8 Å². The lowest BCUT2D eigenvalue weighted by atomic mass is 10.4. The lowest BCUT2D eigenvalue weighted by Gasteiger charge is -2.07. The SMILES string of the molecule is Brc1cnccc1NCCn1cccn1. The zero-order valence-electron chi connectivity index (χ0n) is 8.10. The van der Waals surface area contributed by atoms with Crippen molar-refractivity contribution in [3.05, 3.63) is 41.4 Å². The van der Waals surface area contributed by atoms with E-state index in [1.54, 1.807) is 18.6 Å². The van der Waals surface area contributed by atoms with Gasteiger partial charge in [0.1, 0.15) is 0 Å². The van der Waals surface area contributed by atoms with Crippen LogP contribution in [0.2, 0.25) is 0 Å². The molecular weight excluding hydrogens is 256 g/mol. The van der Waals surface area contributed by atoms with Crippen LogP contribution in [0.5, 0.6) is 0 Å². The maximum Gasteiger partial charge on any atom is 0.0590 e. The summed E-state index contributed by atoms with van der Waals surface area (Å²) in [5.41, 5.74) is 1.05. The van der Waals surface area contributed by atoms with Crippen LogP contribution in [-0.4, -0.2) is 21.3 Å². The number of hydrogen-bond acceptors (Lipinski definition) is 3. The second-order valence-electron chi connectivity index (χ2n) is 3.05. The molecule has 4 nitrogen and oxygen atoms in total. The largest absolute Gasteiger partial charge is 0.382 e. The van der Waals surface area contributed by atoms with Gasteiger partial charge in [-0.3, -0.25) is 9.67 Å². The minimum absolute atomic E-state index is 0.838. The Balaban J connectivity index is 1.86. The highest BCUT2D eigenvalue weighted by atomic mass is 79.9. The highest BCUT2D eigenvalue weighted by molar-refractivity contribution is 9.10. The van der Waals surface area contributed by atoms with Gasteiger partial charge in [0.15, 0.2) is 0 Å². The van der Waals surface area contributed by atoms with Gasteiger partial charge in [0.05, 0.1) is 16.7 Å². The predicted octanol–water partition coefficient (Wildman–Crippen LogP) is 2.15. The Morgan fingerprint density at radius 2 is 2.33 bits per heavy atom. The number of nitrogens with zero attached hydrogens (tertiary/aromatic N) is 3. The second kappa shape index (κ2) is 4.93. The molecule has 0 aromatic carbocycles. The summed E-state index contributed by atoms with van der Waals surface area (Å²) < 4.78 is 2.87. The molecule has 5 heteroatoms. The predicted molar refractivity (Wildman–Crippen MR) is 62.7 cm³/mol. The average Bonchev–Trinajstić information content (AvgIpc) is 2.74. The van der Waals surface area contributed by atoms with E-state index in [2.05, 4.69) is 31.3 Å². The molecule has 0 aliphatic rings. The Kier molecular flexibility index (Phi) is 3.34. The van der Waals surface area contributed by atoms with E-state index in [1.807, 2.05) is 23.0 Å². The summed E-state index contributed by atoms with van der Waals surface area (Å²) in [6.45, 7) is 1.69. The number of hydrogen-bond donors (Lipinski definition) is 1. The quantitative estimate of drug-likeness (QED) is 0.923. The summed E-state index contributed by atoms with van der Waals surface area (Å²) in [7, 11) is 0. The lowest BCUT2D eigenvalue weighted by molar-refractivity contribution is 0.638. The molecule has 2 rings (SSSR count). The normalized spacial score (nSPS) is 10.2. The molecule has 2 aromatic heterocycles. The van der Waals surface area contributed by atoms with Crippen LogP contribution in [0.4, 0.5) is 5.69 Å². The Labute approximate surface area is 96.5 Å². The van der Waals surface area contributed by atoms with E-state index in [9.17, 15) is 0 Å². The molecule has 2 heterocycles. The molecule has 0 atom stereocenters. The Morgan fingerprint density at radius 1 is 1.40 bits per heavy atom. The minimum atomic E-state index is 0.838. The van der Waals surface area contributed by atoms with E-state index in [1.165, 1.54) is 0 Å². The van der Waals surface area contributed by atoms with Gasteiger partial charge in [-0.25, -0.2) is 0 Å². The summed E-state index contributed by atoms with van der Waals surface area (Å²) in [4.78, 5) is 4.00. The number of anilines is 1. The van der Waals surface area contributed by atoms with Crippen LogP contribution in [-0.2, 0) is 6.54 Å². The highest BCUT2D eigenvalue weighted by Gasteiger charge is 1.97. The summed E-state index contributed by atoms with van der Waals surface area (Å²) in [5.74, 6) is 0. The van der Waals surface area contributed by atoms with E-state index >= 15 is 0 Å². The first-order valence-corrected chi connectivity index (χ1v) is 5.46. The van der Waals surface area contributed by atoms with E-state index in [0.29, 0.717) is 0 Å². The number of pyridine rings is 1. The van der Waals surface area contributed by atoms with Gasteiger partial charge in [-0.05, 0) is 28.1 Å². The van der Waals surface area contributed by atoms with Crippen LogP contribution in [0, 0.1) is 0 Å². The monoisotopic (exact) mass is 266 g/mol. The molecule has 0 amide bonds. The standard InChI is InChI=1S/C10H11BrN4/c11-9-8-12-4-2-10(9)13-5-7-15-6-1-3-14-15/h1-4,6,8H,5,7H2,(H,12,13). The van der Waals surface area contributed by atoms with Crippen molar-refractivity contribution >= 4 is 21.6 Å². The molecule has 78 valence electrons. The minimum Gasteiger partial charge on any atom is -0.382 e. The van der Waals surface area contributed by atoms with Crippen LogP contribution in [0.1, 0.15) is 0 Å². The van der Waals surface area contributed by atoms with E-state index < -0.39 is 0 Å². The van der Waals surface area contributed by atoms with Gasteiger partial charge in [-0.15, -0.1) is 0 Å². The molecule has 1 N–H and O–H groups in total. The van der Waals surface area contributed by atoms with Gasteiger partial charge in [-0.2, -0.15) is 5.10 Å². The Morgan fingerprint density at radius 3 is 3.07 bits per heavy atom. The molecule has 0 aliphatic heterocycles. The topological polar surface area (TPSA) is 42.7 Å². The molecular formula is C10H11BrN4. The van der Waals surface area contributed by atoms with Crippen LogP contribution in [0.15, 0.2) is 41.4 Å². The second-order valence-corrected chi connectivity index (χ2v) is 3.91. The molecule has 0 fully saturated rings. The third-order valence-electron chi connectivity index (χ3n) is 1.99. The average molecular weight is 267 g/mol. The Bertz CT molecular complexity index is 413. The molecule has 0 saturated carbocycles. The van der Waals surface area contributed by atoms with Crippen molar-refractivity contribution < 1.29 is 0 Å². The zero-order chi connectivity index (χ0) is 10.5. The van der Waals surface area contributed by atoms with Gasteiger partial charge >= 0.3 is 0 Å². The highest BCUT2D eigenvalue weighted by Crippen LogP contribution is 2.19. The van der Waals surface area contributed by atoms with Crippen LogP contribution in [0.3, 0.4) is 0 Å². The zero-order valence-corrected chi connectivity index (χ0v) is 9.68. The van der Waals surface area contributed by atoms with Crippen LogP contribution >= 0.6 is 15.9 Å². The van der Waals surface area contributed by atoms with Crippen molar-refractivity contribution in [3.63, 3.8) is 0 Å². The van der Waals surface area contributed by atoms with Gasteiger partial charge in [0.2, 0.25) is 0 Å². The van der Waals surface area contributed by atoms with Gasteiger partial charge in [0.25, 0.3) is 0 Å². The van der Waals surface area contributed by atoms with E-state index in [4.69, 9.17) is 0 Å². The van der Waals surface area contributed by atoms with Crippen molar-refractivity contribution in [3.8, 4) is 0 Å². The number of halogens is 1. The van der Waals surface area contributed by atoms with E-state index in [-0.39, 0.29) is 0 Å². The fourth-order valence-electron chi connectivity index (χ4n) is 1.26. The third kappa shape index (κ3) is 2.79. The van der Waals surface area contributed by atoms with Crippen molar-refractivity contribution in [2.24, 2.45) is 0 Å². The first-order valence-electron chi connectivity index (χ1n) is 4.67. The van der Waals surface area contributed by atoms with Crippen molar-refractivity contribution in [2.75, 3.05) is 11.9 Å². The first-order chi connectivity index (χ1) is 7.36. The third-order valence-corrected chi connectivity index (χ3v) is 2.62.